The summed E-state index contributed by atoms with van der Waals surface area (Å²) in [6, 6.07) is 1.46. The van der Waals surface area contributed by atoms with E-state index in [1.807, 2.05) is 9.80 Å². The van der Waals surface area contributed by atoms with E-state index in [4.69, 9.17) is 0 Å². The highest BCUT2D eigenvalue weighted by molar-refractivity contribution is 5.78. The van der Waals surface area contributed by atoms with Gasteiger partial charge >= 0.3 is 0 Å². The maximum Gasteiger partial charge on any atom is 0.222 e. The van der Waals surface area contributed by atoms with Crippen molar-refractivity contribution in [3.8, 4) is 0 Å². The van der Waals surface area contributed by atoms with Gasteiger partial charge in [-0.15, -0.1) is 0 Å². The fraction of sp³-hybridized carbons (Fsp3) is 0.818. The summed E-state index contributed by atoms with van der Waals surface area (Å²) in [6.07, 6.45) is 6.05. The summed E-state index contributed by atoms with van der Waals surface area (Å²) in [5, 5.41) is 0. The zero-order chi connectivity index (χ0) is 20.6. The van der Waals surface area contributed by atoms with E-state index in [0.717, 1.165) is 38.8 Å². The Kier molecular flexibility index (Phi) is 9.89. The molecule has 3 heterocycles. The second-order valence-corrected chi connectivity index (χ2v) is 8.53. The first-order valence-corrected chi connectivity index (χ1v) is 10.7. The minimum absolute atomic E-state index is 0.324. The average Bonchev–Trinajstić information content (AvgIpc) is 3.00. The molecule has 0 atom stereocenters. The molecule has 3 fully saturated rings. The molecule has 0 bridgehead atoms. The number of amides is 2. The van der Waals surface area contributed by atoms with Gasteiger partial charge in [-0.2, -0.15) is 0 Å². The number of likely N-dealkylation sites (tertiary alicyclic amines) is 3. The third kappa shape index (κ3) is 7.55. The molecule has 0 spiro atoms. The summed E-state index contributed by atoms with van der Waals surface area (Å²) in [4.78, 5) is 28.3. The lowest BCUT2D eigenvalue weighted by Gasteiger charge is -2.39. The molecule has 0 unspecified atom stereocenters. The van der Waals surface area contributed by atoms with Crippen molar-refractivity contribution in [2.75, 3.05) is 19.6 Å². The van der Waals surface area contributed by atoms with Crippen LogP contribution in [-0.4, -0.2) is 64.3 Å². The van der Waals surface area contributed by atoms with Gasteiger partial charge in [-0.25, -0.2) is 0 Å². The average molecular weight is 380 g/mol. The van der Waals surface area contributed by atoms with E-state index in [-0.39, 0.29) is 0 Å². The maximum atomic E-state index is 11.2. The van der Waals surface area contributed by atoms with Gasteiger partial charge in [0, 0.05) is 62.7 Å². The molecule has 3 aliphatic rings. The lowest BCUT2D eigenvalue weighted by Crippen LogP contribution is -2.40. The van der Waals surface area contributed by atoms with Crippen LogP contribution in [0, 0.1) is 0 Å². The zero-order valence-corrected chi connectivity index (χ0v) is 18.5. The van der Waals surface area contributed by atoms with Gasteiger partial charge in [-0.1, -0.05) is 6.58 Å². The zero-order valence-electron chi connectivity index (χ0n) is 18.5. The summed E-state index contributed by atoms with van der Waals surface area (Å²) < 4.78 is 0. The van der Waals surface area contributed by atoms with E-state index in [9.17, 15) is 9.59 Å². The molecule has 0 aromatic carbocycles. The highest BCUT2D eigenvalue weighted by Crippen LogP contribution is 2.21. The Morgan fingerprint density at radius 1 is 0.630 bits per heavy atom. The second-order valence-electron chi connectivity index (χ2n) is 8.53. The topological polar surface area (TPSA) is 43.9 Å². The van der Waals surface area contributed by atoms with E-state index in [2.05, 4.69) is 53.0 Å². The third-order valence-corrected chi connectivity index (χ3v) is 5.39. The van der Waals surface area contributed by atoms with E-state index in [1.54, 1.807) is 0 Å². The van der Waals surface area contributed by atoms with Crippen LogP contribution in [0.25, 0.3) is 0 Å². The Morgan fingerprint density at radius 2 is 1.07 bits per heavy atom. The Balaban J connectivity index is 0.000000204. The monoisotopic (exact) mass is 379 g/mol. The largest absolute Gasteiger partial charge is 0.372 e. The first-order chi connectivity index (χ1) is 12.6. The molecule has 5 heteroatoms. The van der Waals surface area contributed by atoms with Gasteiger partial charge in [-0.05, 0) is 60.8 Å². The molecule has 156 valence electrons. The van der Waals surface area contributed by atoms with Gasteiger partial charge in [0.15, 0.2) is 0 Å². The SMILES string of the molecule is C=C1CCN1C(C)C.CC(C)N1CCCC1=O.CC(C)N1CCCCC1=O. The smallest absolute Gasteiger partial charge is 0.222 e. The van der Waals surface area contributed by atoms with Crippen molar-refractivity contribution in [2.45, 2.75) is 98.2 Å². The van der Waals surface area contributed by atoms with Crippen molar-refractivity contribution in [3.63, 3.8) is 0 Å². The first-order valence-electron chi connectivity index (χ1n) is 10.7. The van der Waals surface area contributed by atoms with Crippen LogP contribution in [0.4, 0.5) is 0 Å². The minimum atomic E-state index is 0.324. The predicted octanol–water partition coefficient (Wildman–Crippen LogP) is 4.04. The summed E-state index contributed by atoms with van der Waals surface area (Å²) >= 11 is 0. The molecule has 0 radical (unpaired) electrons. The summed E-state index contributed by atoms with van der Waals surface area (Å²) in [5.74, 6) is 0.659. The Labute approximate surface area is 166 Å². The van der Waals surface area contributed by atoms with Gasteiger partial charge in [0.1, 0.15) is 0 Å². The quantitative estimate of drug-likeness (QED) is 0.743. The van der Waals surface area contributed by atoms with Crippen LogP contribution in [0.15, 0.2) is 12.3 Å². The lowest BCUT2D eigenvalue weighted by atomic mass is 10.1. The second kappa shape index (κ2) is 11.4. The van der Waals surface area contributed by atoms with Gasteiger partial charge in [0.2, 0.25) is 11.8 Å². The minimum Gasteiger partial charge on any atom is -0.372 e. The normalized spacial score (nSPS) is 19.9. The molecule has 3 rings (SSSR count). The number of piperidine rings is 1. The Morgan fingerprint density at radius 3 is 1.30 bits per heavy atom. The molecule has 2 amide bonds. The van der Waals surface area contributed by atoms with Crippen LogP contribution in [0.3, 0.4) is 0 Å². The summed E-state index contributed by atoms with van der Waals surface area (Å²) in [5.41, 5.74) is 1.31. The molecule has 0 aromatic heterocycles. The van der Waals surface area contributed by atoms with Crippen LogP contribution in [0.5, 0.6) is 0 Å². The van der Waals surface area contributed by atoms with Crippen molar-refractivity contribution in [2.24, 2.45) is 0 Å². The van der Waals surface area contributed by atoms with Gasteiger partial charge in [-0.3, -0.25) is 9.59 Å². The summed E-state index contributed by atoms with van der Waals surface area (Å²) in [7, 11) is 0. The van der Waals surface area contributed by atoms with Crippen molar-refractivity contribution in [1.82, 2.24) is 14.7 Å². The van der Waals surface area contributed by atoms with E-state index in [0.29, 0.717) is 29.9 Å². The third-order valence-electron chi connectivity index (χ3n) is 5.39. The fourth-order valence-corrected chi connectivity index (χ4v) is 3.61. The Bertz CT molecular complexity index is 500. The van der Waals surface area contributed by atoms with Gasteiger partial charge in [0.05, 0.1) is 0 Å². The van der Waals surface area contributed by atoms with Gasteiger partial charge in [0.25, 0.3) is 0 Å². The molecule has 5 nitrogen and oxygen atoms in total. The number of carbonyl (C=O) groups is 2. The van der Waals surface area contributed by atoms with Crippen LogP contribution in [0.1, 0.15) is 80.1 Å². The number of rotatable bonds is 3. The highest BCUT2D eigenvalue weighted by atomic mass is 16.2. The molecule has 0 N–H and O–H groups in total. The standard InChI is InChI=1S/C8H15NO.C7H13NO.C7H13N/c1-7(2)9-6-4-3-5-8(9)10;1-6(2)8-5-3-4-7(8)9;1-6(2)8-5-4-7(8)3/h7H,3-6H2,1-2H3;6H,3-5H2,1-2H3;6H,3-5H2,1-2H3. The number of carbonyl (C=O) groups excluding carboxylic acids is 2. The molecule has 27 heavy (non-hydrogen) atoms. The first kappa shape index (κ1) is 23.5. The van der Waals surface area contributed by atoms with E-state index >= 15 is 0 Å². The maximum absolute atomic E-state index is 11.2. The van der Waals surface area contributed by atoms with Crippen LogP contribution in [-0.2, 0) is 9.59 Å². The van der Waals surface area contributed by atoms with Crippen LogP contribution in [0.2, 0.25) is 0 Å². The molecule has 0 saturated carbocycles. The summed E-state index contributed by atoms with van der Waals surface area (Å²) in [6.45, 7) is 19.7. The van der Waals surface area contributed by atoms with E-state index in [1.165, 1.54) is 25.1 Å². The van der Waals surface area contributed by atoms with Crippen LogP contribution < -0.4 is 0 Å². The molecular formula is C22H41N3O2. The predicted molar refractivity (Wildman–Crippen MR) is 112 cm³/mol. The number of hydrogen-bond donors (Lipinski definition) is 0. The molecule has 3 aliphatic heterocycles. The molecule has 0 aliphatic carbocycles. The van der Waals surface area contributed by atoms with Crippen molar-refractivity contribution in [1.29, 1.82) is 0 Å². The number of nitrogens with zero attached hydrogens (tertiary/aromatic N) is 3. The van der Waals surface area contributed by atoms with Crippen molar-refractivity contribution < 1.29 is 9.59 Å². The van der Waals surface area contributed by atoms with E-state index < -0.39 is 0 Å². The highest BCUT2D eigenvalue weighted by Gasteiger charge is 2.22. The molecular weight excluding hydrogens is 338 g/mol. The van der Waals surface area contributed by atoms with Crippen molar-refractivity contribution in [3.05, 3.63) is 12.3 Å². The molecule has 3 saturated heterocycles. The Hall–Kier alpha value is -1.52. The van der Waals surface area contributed by atoms with Crippen molar-refractivity contribution >= 4 is 11.8 Å². The fourth-order valence-electron chi connectivity index (χ4n) is 3.61. The number of hydrogen-bond acceptors (Lipinski definition) is 3. The molecule has 0 aromatic rings. The lowest BCUT2D eigenvalue weighted by molar-refractivity contribution is -0.135. The van der Waals surface area contributed by atoms with Crippen LogP contribution >= 0.6 is 0 Å². The van der Waals surface area contributed by atoms with Gasteiger partial charge < -0.3 is 14.7 Å².